The molecule has 0 aliphatic rings. The quantitative estimate of drug-likeness (QED) is 0.740. The molecule has 118 valence electrons. The van der Waals surface area contributed by atoms with Crippen molar-refractivity contribution in [3.05, 3.63) is 70.8 Å². The van der Waals surface area contributed by atoms with E-state index < -0.39 is 0 Å². The minimum absolute atomic E-state index is 0.126. The number of ether oxygens (including phenoxy) is 1. The van der Waals surface area contributed by atoms with Crippen LogP contribution in [0.3, 0.4) is 0 Å². The number of nitrogens with one attached hydrogen (secondary N) is 1. The van der Waals surface area contributed by atoms with E-state index in [0.717, 1.165) is 27.4 Å². The Morgan fingerprint density at radius 3 is 2.74 bits per heavy atom. The van der Waals surface area contributed by atoms with Crippen molar-refractivity contribution in [2.75, 3.05) is 12.4 Å². The Balaban J connectivity index is 1.99. The van der Waals surface area contributed by atoms with Crippen molar-refractivity contribution in [1.82, 2.24) is 14.5 Å². The number of aromatic nitrogens is 3. The first-order chi connectivity index (χ1) is 11.2. The van der Waals surface area contributed by atoms with Gasteiger partial charge in [-0.05, 0) is 45.8 Å². The number of rotatable bonds is 5. The second-order valence-electron chi connectivity index (χ2n) is 5.11. The lowest BCUT2D eigenvalue weighted by atomic mass is 10.1. The number of pyridine rings is 1. The van der Waals surface area contributed by atoms with Crippen molar-refractivity contribution >= 4 is 21.7 Å². The van der Waals surface area contributed by atoms with Gasteiger partial charge in [0, 0.05) is 30.1 Å². The number of halogens is 1. The lowest BCUT2D eigenvalue weighted by Gasteiger charge is -2.20. The van der Waals surface area contributed by atoms with Crippen molar-refractivity contribution in [3.8, 4) is 5.75 Å². The van der Waals surface area contributed by atoms with E-state index in [-0.39, 0.29) is 6.04 Å². The molecule has 1 aromatic carbocycles. The first kappa shape index (κ1) is 15.6. The monoisotopic (exact) mass is 372 g/mol. The van der Waals surface area contributed by atoms with Crippen LogP contribution < -0.4 is 10.1 Å². The summed E-state index contributed by atoms with van der Waals surface area (Å²) in [6, 6.07) is 11.7. The standard InChI is InChI=1S/C17H17BrN4O/c1-22-9-8-19-17(22)16(12-4-3-5-14(10-12)23-2)21-15-7-6-13(18)11-20-15/h3-11,16H,1-2H3,(H,20,21). The fraction of sp³-hybridized carbons (Fsp3) is 0.176. The first-order valence-electron chi connectivity index (χ1n) is 7.16. The van der Waals surface area contributed by atoms with Crippen LogP contribution in [-0.4, -0.2) is 21.6 Å². The summed E-state index contributed by atoms with van der Waals surface area (Å²) in [5.41, 5.74) is 1.06. The molecule has 0 amide bonds. The van der Waals surface area contributed by atoms with Gasteiger partial charge in [0.15, 0.2) is 0 Å². The van der Waals surface area contributed by atoms with Crippen LogP contribution in [0.25, 0.3) is 0 Å². The molecule has 1 atom stereocenters. The molecule has 1 unspecified atom stereocenters. The van der Waals surface area contributed by atoms with Crippen LogP contribution in [0.5, 0.6) is 5.75 Å². The second kappa shape index (κ2) is 6.83. The zero-order chi connectivity index (χ0) is 16.2. The summed E-state index contributed by atoms with van der Waals surface area (Å²) in [5.74, 6) is 2.50. The maximum atomic E-state index is 5.34. The molecule has 3 aromatic rings. The van der Waals surface area contributed by atoms with Gasteiger partial charge in [-0.3, -0.25) is 0 Å². The highest BCUT2D eigenvalue weighted by atomic mass is 79.9. The average Bonchev–Trinajstić information content (AvgIpc) is 3.00. The molecule has 6 heteroatoms. The minimum Gasteiger partial charge on any atom is -0.497 e. The van der Waals surface area contributed by atoms with Crippen molar-refractivity contribution in [3.63, 3.8) is 0 Å². The SMILES string of the molecule is COc1cccc(C(Nc2ccc(Br)cn2)c2nccn2C)c1. The predicted molar refractivity (Wildman–Crippen MR) is 93.6 cm³/mol. The molecule has 0 bridgehead atoms. The molecule has 2 heterocycles. The van der Waals surface area contributed by atoms with E-state index in [9.17, 15) is 0 Å². The Morgan fingerprint density at radius 2 is 2.09 bits per heavy atom. The molecule has 2 aromatic heterocycles. The van der Waals surface area contributed by atoms with E-state index >= 15 is 0 Å². The molecule has 0 aliphatic heterocycles. The van der Waals surface area contributed by atoms with E-state index in [1.165, 1.54) is 0 Å². The number of imidazole rings is 1. The molecule has 0 saturated carbocycles. The van der Waals surface area contributed by atoms with Gasteiger partial charge < -0.3 is 14.6 Å². The maximum absolute atomic E-state index is 5.34. The van der Waals surface area contributed by atoms with Crippen LogP contribution in [0.2, 0.25) is 0 Å². The summed E-state index contributed by atoms with van der Waals surface area (Å²) < 4.78 is 8.28. The third-order valence-electron chi connectivity index (χ3n) is 3.56. The van der Waals surface area contributed by atoms with Gasteiger partial charge in [0.25, 0.3) is 0 Å². The van der Waals surface area contributed by atoms with Gasteiger partial charge in [0.2, 0.25) is 0 Å². The molecule has 0 radical (unpaired) electrons. The van der Waals surface area contributed by atoms with Gasteiger partial charge >= 0.3 is 0 Å². The first-order valence-corrected chi connectivity index (χ1v) is 7.96. The Bertz CT molecular complexity index is 785. The van der Waals surface area contributed by atoms with Crippen LogP contribution in [0, 0.1) is 0 Å². The Kier molecular flexibility index (Phi) is 4.62. The highest BCUT2D eigenvalue weighted by Crippen LogP contribution is 2.27. The lowest BCUT2D eigenvalue weighted by Crippen LogP contribution is -2.17. The van der Waals surface area contributed by atoms with Gasteiger partial charge in [0.1, 0.15) is 23.4 Å². The molecule has 23 heavy (non-hydrogen) atoms. The molecule has 0 aliphatic carbocycles. The van der Waals surface area contributed by atoms with Crippen molar-refractivity contribution in [2.45, 2.75) is 6.04 Å². The summed E-state index contributed by atoms with van der Waals surface area (Å²) in [6.07, 6.45) is 5.49. The van der Waals surface area contributed by atoms with Gasteiger partial charge in [-0.25, -0.2) is 9.97 Å². The van der Waals surface area contributed by atoms with E-state index in [2.05, 4.69) is 31.2 Å². The molecule has 1 N–H and O–H groups in total. The summed E-state index contributed by atoms with van der Waals surface area (Å²) in [6.45, 7) is 0. The lowest BCUT2D eigenvalue weighted by molar-refractivity contribution is 0.414. The second-order valence-corrected chi connectivity index (χ2v) is 6.03. The number of methoxy groups -OCH3 is 1. The molecule has 3 rings (SSSR count). The smallest absolute Gasteiger partial charge is 0.135 e. The average molecular weight is 373 g/mol. The number of benzene rings is 1. The van der Waals surface area contributed by atoms with Crippen LogP contribution >= 0.6 is 15.9 Å². The third-order valence-corrected chi connectivity index (χ3v) is 4.03. The number of aryl methyl sites for hydroxylation is 1. The Morgan fingerprint density at radius 1 is 1.22 bits per heavy atom. The number of hydrogen-bond acceptors (Lipinski definition) is 4. The van der Waals surface area contributed by atoms with Crippen LogP contribution in [-0.2, 0) is 7.05 Å². The van der Waals surface area contributed by atoms with Crippen LogP contribution in [0.1, 0.15) is 17.4 Å². The van der Waals surface area contributed by atoms with E-state index in [0.29, 0.717) is 0 Å². The third kappa shape index (κ3) is 3.53. The fourth-order valence-electron chi connectivity index (χ4n) is 2.38. The van der Waals surface area contributed by atoms with Gasteiger partial charge in [-0.1, -0.05) is 12.1 Å². The summed E-state index contributed by atoms with van der Waals surface area (Å²) >= 11 is 3.40. The Hall–Kier alpha value is -2.34. The zero-order valence-corrected chi connectivity index (χ0v) is 14.5. The molecule has 5 nitrogen and oxygen atoms in total. The molecular weight excluding hydrogens is 356 g/mol. The minimum atomic E-state index is -0.126. The van der Waals surface area contributed by atoms with Crippen molar-refractivity contribution in [2.24, 2.45) is 7.05 Å². The number of nitrogens with zero attached hydrogens (tertiary/aromatic N) is 3. The molecular formula is C17H17BrN4O. The molecule has 0 fully saturated rings. The normalized spacial score (nSPS) is 12.0. The maximum Gasteiger partial charge on any atom is 0.135 e. The highest BCUT2D eigenvalue weighted by molar-refractivity contribution is 9.10. The Labute approximate surface area is 143 Å². The van der Waals surface area contributed by atoms with Gasteiger partial charge in [0.05, 0.1) is 7.11 Å². The van der Waals surface area contributed by atoms with Gasteiger partial charge in [-0.15, -0.1) is 0 Å². The van der Waals surface area contributed by atoms with E-state index in [1.807, 2.05) is 54.2 Å². The van der Waals surface area contributed by atoms with E-state index in [4.69, 9.17) is 4.74 Å². The summed E-state index contributed by atoms with van der Waals surface area (Å²) in [5, 5.41) is 3.45. The highest BCUT2D eigenvalue weighted by Gasteiger charge is 2.19. The van der Waals surface area contributed by atoms with Crippen molar-refractivity contribution in [1.29, 1.82) is 0 Å². The molecule has 0 saturated heterocycles. The van der Waals surface area contributed by atoms with Crippen LogP contribution in [0.4, 0.5) is 5.82 Å². The summed E-state index contributed by atoms with van der Waals surface area (Å²) in [4.78, 5) is 8.88. The van der Waals surface area contributed by atoms with Crippen molar-refractivity contribution < 1.29 is 4.74 Å². The van der Waals surface area contributed by atoms with Gasteiger partial charge in [-0.2, -0.15) is 0 Å². The zero-order valence-electron chi connectivity index (χ0n) is 12.9. The summed E-state index contributed by atoms with van der Waals surface area (Å²) in [7, 11) is 3.64. The fourth-order valence-corrected chi connectivity index (χ4v) is 2.62. The molecule has 0 spiro atoms. The number of hydrogen-bond donors (Lipinski definition) is 1. The van der Waals surface area contributed by atoms with Crippen LogP contribution in [0.15, 0.2) is 59.5 Å². The largest absolute Gasteiger partial charge is 0.497 e. The number of anilines is 1. The van der Waals surface area contributed by atoms with E-state index in [1.54, 1.807) is 19.5 Å². The topological polar surface area (TPSA) is 52.0 Å². The predicted octanol–water partition coefficient (Wildman–Crippen LogP) is 3.79.